The second-order valence-corrected chi connectivity index (χ2v) is 7.03. The summed E-state index contributed by atoms with van der Waals surface area (Å²) in [5.41, 5.74) is -1.26. The standard InChI is InChI=1S/C15H16F3N5O2S/c16-15(17,18)11-6-7-13(23(24)25)10(8-11)9-26-14-19-20-21-22(14)12-4-2-1-3-5-12/h6-8,12H,1-5,9H2. The smallest absolute Gasteiger partial charge is 0.258 e. The first-order valence-electron chi connectivity index (χ1n) is 8.11. The fraction of sp³-hybridized carbons (Fsp3) is 0.533. The topological polar surface area (TPSA) is 86.7 Å². The Balaban J connectivity index is 1.81. The summed E-state index contributed by atoms with van der Waals surface area (Å²) in [5, 5.41) is 23.2. The van der Waals surface area contributed by atoms with Gasteiger partial charge in [0.05, 0.1) is 16.5 Å². The average molecular weight is 387 g/mol. The van der Waals surface area contributed by atoms with E-state index in [0.29, 0.717) is 5.16 Å². The molecule has 0 aliphatic heterocycles. The van der Waals surface area contributed by atoms with Gasteiger partial charge in [-0.05, 0) is 35.4 Å². The van der Waals surface area contributed by atoms with Crippen LogP contribution in [0, 0.1) is 10.1 Å². The number of alkyl halides is 3. The zero-order valence-corrected chi connectivity index (χ0v) is 14.5. The largest absolute Gasteiger partial charge is 0.416 e. The quantitative estimate of drug-likeness (QED) is 0.429. The molecule has 3 rings (SSSR count). The molecule has 7 nitrogen and oxygen atoms in total. The summed E-state index contributed by atoms with van der Waals surface area (Å²) < 4.78 is 40.4. The first-order valence-corrected chi connectivity index (χ1v) is 9.10. The minimum Gasteiger partial charge on any atom is -0.258 e. The number of halogens is 3. The predicted molar refractivity (Wildman–Crippen MR) is 87.6 cm³/mol. The molecule has 1 aliphatic rings. The van der Waals surface area contributed by atoms with Gasteiger partial charge in [0.1, 0.15) is 0 Å². The van der Waals surface area contributed by atoms with Gasteiger partial charge < -0.3 is 0 Å². The SMILES string of the molecule is O=[N+]([O-])c1ccc(C(F)(F)F)cc1CSc1nnnn1C1CCCCC1. The van der Waals surface area contributed by atoms with Crippen LogP contribution in [-0.4, -0.2) is 25.1 Å². The average Bonchev–Trinajstić information content (AvgIpc) is 3.08. The lowest BCUT2D eigenvalue weighted by Crippen LogP contribution is -2.15. The Morgan fingerprint density at radius 3 is 2.65 bits per heavy atom. The Bertz CT molecular complexity index is 790. The van der Waals surface area contributed by atoms with E-state index < -0.39 is 16.7 Å². The Morgan fingerprint density at radius 2 is 2.00 bits per heavy atom. The van der Waals surface area contributed by atoms with Crippen LogP contribution < -0.4 is 0 Å². The van der Waals surface area contributed by atoms with Gasteiger partial charge in [0.25, 0.3) is 5.69 Å². The van der Waals surface area contributed by atoms with Crippen molar-refractivity contribution in [2.24, 2.45) is 0 Å². The maximum atomic E-state index is 12.9. The van der Waals surface area contributed by atoms with Crippen LogP contribution in [0.4, 0.5) is 18.9 Å². The summed E-state index contributed by atoms with van der Waals surface area (Å²) in [6.07, 6.45) is 0.655. The molecule has 0 spiro atoms. The molecule has 1 saturated carbocycles. The van der Waals surface area contributed by atoms with E-state index in [2.05, 4.69) is 15.5 Å². The number of nitrogens with zero attached hydrogens (tertiary/aromatic N) is 5. The van der Waals surface area contributed by atoms with E-state index in [0.717, 1.165) is 62.1 Å². The normalized spacial score (nSPS) is 16.0. The van der Waals surface area contributed by atoms with Crippen molar-refractivity contribution in [1.29, 1.82) is 0 Å². The molecule has 0 atom stereocenters. The van der Waals surface area contributed by atoms with Crippen LogP contribution in [0.15, 0.2) is 23.4 Å². The van der Waals surface area contributed by atoms with Crippen LogP contribution in [-0.2, 0) is 11.9 Å². The molecule has 1 aromatic heterocycles. The third-order valence-electron chi connectivity index (χ3n) is 4.34. The highest BCUT2D eigenvalue weighted by atomic mass is 32.2. The first-order chi connectivity index (χ1) is 12.4. The zero-order valence-electron chi connectivity index (χ0n) is 13.6. The molecule has 1 fully saturated rings. The fourth-order valence-corrected chi connectivity index (χ4v) is 3.96. The lowest BCUT2D eigenvalue weighted by atomic mass is 9.96. The summed E-state index contributed by atoms with van der Waals surface area (Å²) in [4.78, 5) is 10.4. The van der Waals surface area contributed by atoms with Crippen molar-refractivity contribution in [2.45, 2.75) is 55.2 Å². The van der Waals surface area contributed by atoms with Crippen LogP contribution in [0.2, 0.25) is 0 Å². The monoisotopic (exact) mass is 387 g/mol. The van der Waals surface area contributed by atoms with Crippen molar-refractivity contribution in [3.05, 3.63) is 39.4 Å². The van der Waals surface area contributed by atoms with E-state index in [1.807, 2.05) is 0 Å². The van der Waals surface area contributed by atoms with Gasteiger partial charge in [0.15, 0.2) is 0 Å². The van der Waals surface area contributed by atoms with E-state index in [9.17, 15) is 23.3 Å². The number of hydrogen-bond acceptors (Lipinski definition) is 6. The molecule has 0 amide bonds. The Kier molecular flexibility index (Phi) is 5.44. The van der Waals surface area contributed by atoms with E-state index in [-0.39, 0.29) is 23.0 Å². The zero-order chi connectivity index (χ0) is 18.7. The number of benzene rings is 1. The summed E-state index contributed by atoms with van der Waals surface area (Å²) in [6.45, 7) is 0. The third kappa shape index (κ3) is 4.14. The highest BCUT2D eigenvalue weighted by Crippen LogP contribution is 2.36. The van der Waals surface area contributed by atoms with Crippen LogP contribution >= 0.6 is 11.8 Å². The van der Waals surface area contributed by atoms with Crippen LogP contribution in [0.3, 0.4) is 0 Å². The maximum Gasteiger partial charge on any atom is 0.416 e. The van der Waals surface area contributed by atoms with Gasteiger partial charge in [-0.2, -0.15) is 13.2 Å². The molecular formula is C15H16F3N5O2S. The molecule has 0 bridgehead atoms. The number of nitro benzene ring substituents is 1. The van der Waals surface area contributed by atoms with E-state index in [4.69, 9.17) is 0 Å². The maximum absolute atomic E-state index is 12.9. The Hall–Kier alpha value is -2.17. The van der Waals surface area contributed by atoms with Gasteiger partial charge in [-0.1, -0.05) is 31.0 Å². The van der Waals surface area contributed by atoms with Crippen molar-refractivity contribution in [1.82, 2.24) is 20.2 Å². The van der Waals surface area contributed by atoms with Crippen LogP contribution in [0.25, 0.3) is 0 Å². The van der Waals surface area contributed by atoms with Gasteiger partial charge in [-0.15, -0.1) is 5.10 Å². The van der Waals surface area contributed by atoms with Crippen molar-refractivity contribution >= 4 is 17.4 Å². The molecule has 0 radical (unpaired) electrons. The van der Waals surface area contributed by atoms with Crippen molar-refractivity contribution in [3.8, 4) is 0 Å². The molecule has 0 saturated heterocycles. The van der Waals surface area contributed by atoms with Gasteiger partial charge in [0, 0.05) is 17.4 Å². The highest BCUT2D eigenvalue weighted by molar-refractivity contribution is 7.98. The molecule has 1 aromatic carbocycles. The summed E-state index contributed by atoms with van der Waals surface area (Å²) >= 11 is 1.11. The second kappa shape index (κ2) is 7.60. The van der Waals surface area contributed by atoms with Crippen LogP contribution in [0.1, 0.15) is 49.3 Å². The fourth-order valence-electron chi connectivity index (χ4n) is 3.03. The Morgan fingerprint density at radius 1 is 1.27 bits per heavy atom. The summed E-state index contributed by atoms with van der Waals surface area (Å²) in [7, 11) is 0. The van der Waals surface area contributed by atoms with Crippen molar-refractivity contribution < 1.29 is 18.1 Å². The minimum absolute atomic E-state index is 0.00646. The number of nitro groups is 1. The van der Waals surface area contributed by atoms with Gasteiger partial charge in [0.2, 0.25) is 5.16 Å². The van der Waals surface area contributed by atoms with E-state index >= 15 is 0 Å². The third-order valence-corrected chi connectivity index (χ3v) is 5.33. The Labute approximate surface area is 151 Å². The molecule has 1 heterocycles. The molecule has 26 heavy (non-hydrogen) atoms. The first kappa shape index (κ1) is 18.6. The summed E-state index contributed by atoms with van der Waals surface area (Å²) in [6, 6.07) is 2.60. The van der Waals surface area contributed by atoms with Crippen molar-refractivity contribution in [2.75, 3.05) is 0 Å². The molecule has 0 unspecified atom stereocenters. The number of rotatable bonds is 5. The molecule has 0 N–H and O–H groups in total. The number of tetrazole rings is 1. The number of aromatic nitrogens is 4. The second-order valence-electron chi connectivity index (χ2n) is 6.08. The molecule has 140 valence electrons. The molecule has 11 heteroatoms. The van der Waals surface area contributed by atoms with Gasteiger partial charge in [-0.25, -0.2) is 4.68 Å². The lowest BCUT2D eigenvalue weighted by Gasteiger charge is -2.22. The molecule has 1 aliphatic carbocycles. The van der Waals surface area contributed by atoms with Gasteiger partial charge in [-0.3, -0.25) is 10.1 Å². The number of hydrogen-bond donors (Lipinski definition) is 0. The van der Waals surface area contributed by atoms with E-state index in [1.165, 1.54) is 0 Å². The van der Waals surface area contributed by atoms with Crippen LogP contribution in [0.5, 0.6) is 0 Å². The predicted octanol–water partition coefficient (Wildman–Crippen LogP) is 4.40. The van der Waals surface area contributed by atoms with Gasteiger partial charge >= 0.3 is 6.18 Å². The number of thioether (sulfide) groups is 1. The molecule has 2 aromatic rings. The lowest BCUT2D eigenvalue weighted by molar-refractivity contribution is -0.385. The minimum atomic E-state index is -4.56. The van der Waals surface area contributed by atoms with Crippen molar-refractivity contribution in [3.63, 3.8) is 0 Å². The van der Waals surface area contributed by atoms with E-state index in [1.54, 1.807) is 4.68 Å². The summed E-state index contributed by atoms with van der Waals surface area (Å²) in [5.74, 6) is -0.0205. The molecular weight excluding hydrogens is 371 g/mol. The highest BCUT2D eigenvalue weighted by Gasteiger charge is 2.32.